The molecule has 0 spiro atoms. The first-order chi connectivity index (χ1) is 20.3. The minimum atomic E-state index is -2.45. The topological polar surface area (TPSA) is 65.7 Å². The van der Waals surface area contributed by atoms with Crippen LogP contribution in [-0.4, -0.2) is 21.5 Å². The summed E-state index contributed by atoms with van der Waals surface area (Å²) >= 11 is 0. The molecule has 220 valence electrons. The Morgan fingerprint density at radius 1 is 0.442 bits per heavy atom. The van der Waals surface area contributed by atoms with Gasteiger partial charge in [-0.15, -0.1) is 0 Å². The summed E-state index contributed by atoms with van der Waals surface area (Å²) in [6.07, 6.45) is 0. The molecule has 0 radical (unpaired) electrons. The van der Waals surface area contributed by atoms with Gasteiger partial charge in [-0.2, -0.15) is 0 Å². The predicted octanol–water partition coefficient (Wildman–Crippen LogP) is 7.38. The van der Waals surface area contributed by atoms with Gasteiger partial charge in [0.1, 0.15) is 11.1 Å². The number of halogens is 10. The van der Waals surface area contributed by atoms with E-state index in [2.05, 4.69) is 9.97 Å². The fraction of sp³-hybridized carbons (Fsp3) is 0.0345. The van der Waals surface area contributed by atoms with Gasteiger partial charge in [-0.05, 0) is 29.8 Å². The molecule has 0 amide bonds. The molecule has 2 aromatic heterocycles. The molecule has 0 saturated carbocycles. The molecular formula is C29H12F10N2O2. The molecular weight excluding hydrogens is 598 g/mol. The zero-order valence-corrected chi connectivity index (χ0v) is 20.9. The zero-order valence-electron chi connectivity index (χ0n) is 20.9. The monoisotopic (exact) mass is 610 g/mol. The van der Waals surface area contributed by atoms with Crippen molar-refractivity contribution in [3.05, 3.63) is 152 Å². The fourth-order valence-electron chi connectivity index (χ4n) is 4.48. The minimum Gasteiger partial charge on any atom is -0.355 e. The van der Waals surface area contributed by atoms with Gasteiger partial charge in [0, 0.05) is 11.4 Å². The molecule has 5 rings (SSSR count). The third kappa shape index (κ3) is 4.77. The number of nitrogens with one attached hydrogen (secondary N) is 2. The van der Waals surface area contributed by atoms with Crippen molar-refractivity contribution < 1.29 is 53.5 Å². The van der Waals surface area contributed by atoms with Crippen molar-refractivity contribution in [2.24, 2.45) is 0 Å². The van der Waals surface area contributed by atoms with Crippen LogP contribution in [0.15, 0.2) is 54.6 Å². The van der Waals surface area contributed by atoms with E-state index in [0.717, 1.165) is 12.1 Å². The summed E-state index contributed by atoms with van der Waals surface area (Å²) in [7, 11) is 0. The Morgan fingerprint density at radius 2 is 0.767 bits per heavy atom. The van der Waals surface area contributed by atoms with Crippen LogP contribution >= 0.6 is 0 Å². The van der Waals surface area contributed by atoms with Crippen LogP contribution in [0.4, 0.5) is 43.9 Å². The first-order valence-corrected chi connectivity index (χ1v) is 11.9. The van der Waals surface area contributed by atoms with Crippen molar-refractivity contribution in [3.63, 3.8) is 0 Å². The Labute approximate surface area is 233 Å². The number of H-pyrrole nitrogens is 2. The lowest BCUT2D eigenvalue weighted by Crippen LogP contribution is -2.15. The second-order valence-corrected chi connectivity index (χ2v) is 9.05. The largest absolute Gasteiger partial charge is 0.355 e. The highest BCUT2D eigenvalue weighted by Crippen LogP contribution is 2.33. The molecule has 0 bridgehead atoms. The maximum atomic E-state index is 14.3. The number of rotatable bonds is 7. The lowest BCUT2D eigenvalue weighted by Gasteiger charge is -2.16. The molecule has 14 heteroatoms. The number of benzene rings is 3. The molecule has 3 aromatic carbocycles. The van der Waals surface area contributed by atoms with Crippen molar-refractivity contribution in [1.82, 2.24) is 9.97 Å². The van der Waals surface area contributed by atoms with Crippen molar-refractivity contribution >= 4 is 11.6 Å². The normalized spacial score (nSPS) is 11.4. The molecule has 0 fully saturated rings. The van der Waals surface area contributed by atoms with Crippen LogP contribution in [0.2, 0.25) is 0 Å². The van der Waals surface area contributed by atoms with E-state index in [1.54, 1.807) is 30.3 Å². The number of ketones is 2. The zero-order chi connectivity index (χ0) is 31.3. The van der Waals surface area contributed by atoms with Gasteiger partial charge in [-0.1, -0.05) is 30.3 Å². The Kier molecular flexibility index (Phi) is 7.46. The lowest BCUT2D eigenvalue weighted by atomic mass is 9.93. The van der Waals surface area contributed by atoms with Gasteiger partial charge >= 0.3 is 0 Å². The van der Waals surface area contributed by atoms with E-state index in [9.17, 15) is 53.5 Å². The van der Waals surface area contributed by atoms with E-state index >= 15 is 0 Å². The molecule has 5 aromatic rings. The maximum Gasteiger partial charge on any atom is 0.215 e. The number of hydrogen-bond acceptors (Lipinski definition) is 2. The van der Waals surface area contributed by atoms with Crippen molar-refractivity contribution in [3.8, 4) is 0 Å². The highest BCUT2D eigenvalue weighted by atomic mass is 19.2. The van der Waals surface area contributed by atoms with Crippen LogP contribution in [0.25, 0.3) is 0 Å². The average molecular weight is 610 g/mol. The summed E-state index contributed by atoms with van der Waals surface area (Å²) in [5.41, 5.74) is -4.05. The molecule has 0 aliphatic heterocycles. The van der Waals surface area contributed by atoms with Gasteiger partial charge in [0.05, 0.1) is 17.3 Å². The molecule has 0 aliphatic carbocycles. The van der Waals surface area contributed by atoms with Crippen molar-refractivity contribution in [2.45, 2.75) is 5.92 Å². The lowest BCUT2D eigenvalue weighted by molar-refractivity contribution is 0.101. The van der Waals surface area contributed by atoms with Crippen LogP contribution in [0, 0.1) is 58.2 Å². The highest BCUT2D eigenvalue weighted by molar-refractivity contribution is 6.09. The van der Waals surface area contributed by atoms with Gasteiger partial charge in [0.15, 0.2) is 46.5 Å². The Bertz CT molecular complexity index is 1750. The highest BCUT2D eigenvalue weighted by Gasteiger charge is 2.33. The summed E-state index contributed by atoms with van der Waals surface area (Å²) in [6.45, 7) is 0. The van der Waals surface area contributed by atoms with E-state index in [4.69, 9.17) is 0 Å². The van der Waals surface area contributed by atoms with Crippen LogP contribution in [0.3, 0.4) is 0 Å². The fourth-order valence-corrected chi connectivity index (χ4v) is 4.48. The number of hydrogen-bond donors (Lipinski definition) is 2. The molecule has 0 atom stereocenters. The van der Waals surface area contributed by atoms with E-state index in [0.29, 0.717) is 5.56 Å². The van der Waals surface area contributed by atoms with Gasteiger partial charge in [-0.3, -0.25) is 9.59 Å². The van der Waals surface area contributed by atoms with E-state index < -0.39 is 98.2 Å². The molecule has 2 heterocycles. The smallest absolute Gasteiger partial charge is 0.215 e. The first-order valence-electron chi connectivity index (χ1n) is 11.9. The number of aromatic amines is 2. The second kappa shape index (κ2) is 10.9. The van der Waals surface area contributed by atoms with Crippen molar-refractivity contribution in [1.29, 1.82) is 0 Å². The van der Waals surface area contributed by atoms with Gasteiger partial charge in [-0.25, -0.2) is 43.9 Å². The Hall–Kier alpha value is -5.14. The summed E-state index contributed by atoms with van der Waals surface area (Å²) in [5.74, 6) is -27.8. The molecule has 0 saturated heterocycles. The van der Waals surface area contributed by atoms with E-state index in [1.807, 2.05) is 0 Å². The van der Waals surface area contributed by atoms with Crippen LogP contribution < -0.4 is 0 Å². The van der Waals surface area contributed by atoms with Gasteiger partial charge in [0.2, 0.25) is 23.2 Å². The molecule has 0 aliphatic rings. The number of aromatic nitrogens is 2. The SMILES string of the molecule is O=C(c1ccc(C(c2ccccc2)c2ccc(C(=O)c3c(F)c(F)c(F)c(F)c3F)[nH]2)[nH]1)c1c(F)c(F)c(F)c(F)c1F. The summed E-state index contributed by atoms with van der Waals surface area (Å²) in [5, 5.41) is 0. The first kappa shape index (κ1) is 29.4. The predicted molar refractivity (Wildman–Crippen MR) is 128 cm³/mol. The number of carbonyl (C=O) groups excluding carboxylic acids is 2. The Balaban J connectivity index is 1.57. The standard InChI is InChI=1S/C29H12F10N2O2/c30-18-16(19(31)23(35)26(38)22(18)34)28(42)13-8-6-11(40-13)15(10-4-2-1-3-5-10)12-7-9-14(41-12)29(43)17-20(32)24(36)27(39)25(37)21(17)33/h1-9,15,40-41H. The minimum absolute atomic E-state index is 0.0653. The van der Waals surface area contributed by atoms with Crippen LogP contribution in [0.1, 0.15) is 55.0 Å². The van der Waals surface area contributed by atoms with Crippen LogP contribution in [-0.2, 0) is 0 Å². The summed E-state index contributed by atoms with van der Waals surface area (Å²) < 4.78 is 139. The molecule has 43 heavy (non-hydrogen) atoms. The molecule has 2 N–H and O–H groups in total. The number of carbonyl (C=O) groups is 2. The van der Waals surface area contributed by atoms with Crippen molar-refractivity contribution in [2.75, 3.05) is 0 Å². The van der Waals surface area contributed by atoms with Gasteiger partial charge < -0.3 is 9.97 Å². The summed E-state index contributed by atoms with van der Waals surface area (Å²) in [6, 6.07) is 12.3. The van der Waals surface area contributed by atoms with E-state index in [-0.39, 0.29) is 11.4 Å². The van der Waals surface area contributed by atoms with E-state index in [1.165, 1.54) is 12.1 Å². The van der Waals surface area contributed by atoms with Gasteiger partial charge in [0.25, 0.3) is 0 Å². The quantitative estimate of drug-likeness (QED) is 0.0875. The molecule has 4 nitrogen and oxygen atoms in total. The second-order valence-electron chi connectivity index (χ2n) is 9.05. The third-order valence-corrected chi connectivity index (χ3v) is 6.54. The average Bonchev–Trinajstić information content (AvgIpc) is 3.69. The third-order valence-electron chi connectivity index (χ3n) is 6.54. The summed E-state index contributed by atoms with van der Waals surface area (Å²) in [4.78, 5) is 30.7. The Morgan fingerprint density at radius 3 is 1.12 bits per heavy atom. The molecule has 0 unspecified atom stereocenters. The van der Waals surface area contributed by atoms with Crippen LogP contribution in [0.5, 0.6) is 0 Å². The maximum absolute atomic E-state index is 14.3.